The molecule has 0 bridgehead atoms. The fourth-order valence-electron chi connectivity index (χ4n) is 5.21. The first kappa shape index (κ1) is 25.4. The van der Waals surface area contributed by atoms with Crippen molar-refractivity contribution < 1.29 is 17.5 Å². The molecule has 0 aliphatic carbocycles. The maximum Gasteiger partial charge on any atom is 0.263 e. The molecule has 1 unspecified atom stereocenters. The molecule has 3 aromatic rings. The van der Waals surface area contributed by atoms with Gasteiger partial charge in [-0.3, -0.25) is 4.72 Å². The minimum atomic E-state index is -3.86. The molecule has 192 valence electrons. The van der Waals surface area contributed by atoms with Crippen molar-refractivity contribution in [2.45, 2.75) is 62.1 Å². The first-order valence-corrected chi connectivity index (χ1v) is 14.5. The van der Waals surface area contributed by atoms with E-state index in [1.54, 1.807) is 16.6 Å². The fourth-order valence-corrected chi connectivity index (χ4v) is 7.08. The van der Waals surface area contributed by atoms with Crippen molar-refractivity contribution in [1.29, 1.82) is 0 Å². The molecular weight excluding hydrogens is 523 g/mol. The lowest BCUT2D eigenvalue weighted by Gasteiger charge is -2.39. The molecule has 0 spiro atoms. The highest BCUT2D eigenvalue weighted by Crippen LogP contribution is 2.47. The molecule has 1 fully saturated rings. The monoisotopic (exact) mass is 550 g/mol. The highest BCUT2D eigenvalue weighted by molar-refractivity contribution is 7.93. The lowest BCUT2D eigenvalue weighted by molar-refractivity contribution is 0.0769. The van der Waals surface area contributed by atoms with Crippen molar-refractivity contribution in [2.75, 3.05) is 17.8 Å². The molecule has 1 aromatic heterocycles. The van der Waals surface area contributed by atoms with E-state index in [1.807, 2.05) is 38.1 Å². The van der Waals surface area contributed by atoms with E-state index in [-0.39, 0.29) is 21.9 Å². The van der Waals surface area contributed by atoms with Gasteiger partial charge in [0.1, 0.15) is 24.4 Å². The molecule has 0 amide bonds. The van der Waals surface area contributed by atoms with E-state index in [0.29, 0.717) is 17.7 Å². The molecule has 2 aromatic carbocycles. The number of benzene rings is 2. The topological polar surface area (TPSA) is 84.4 Å². The van der Waals surface area contributed by atoms with Gasteiger partial charge in [0.2, 0.25) is 5.13 Å². The Morgan fingerprint density at radius 1 is 1.17 bits per heavy atom. The molecule has 0 saturated carbocycles. The third-order valence-corrected chi connectivity index (χ3v) is 9.28. The lowest BCUT2D eigenvalue weighted by Crippen LogP contribution is -2.36. The Hall–Kier alpha value is -2.27. The van der Waals surface area contributed by atoms with Gasteiger partial charge in [-0.2, -0.15) is 4.37 Å². The van der Waals surface area contributed by atoms with Crippen LogP contribution in [0.25, 0.3) is 0 Å². The Bertz CT molecular complexity index is 1340. The second-order valence-electron chi connectivity index (χ2n) is 9.95. The first-order valence-electron chi connectivity index (χ1n) is 11.9. The van der Waals surface area contributed by atoms with Gasteiger partial charge in [-0.15, -0.1) is 0 Å². The molecule has 1 saturated heterocycles. The average molecular weight is 551 g/mol. The van der Waals surface area contributed by atoms with E-state index in [2.05, 4.69) is 14.1 Å². The van der Waals surface area contributed by atoms with Gasteiger partial charge in [0.15, 0.2) is 0 Å². The van der Waals surface area contributed by atoms with E-state index in [9.17, 15) is 12.8 Å². The van der Waals surface area contributed by atoms with Gasteiger partial charge in [0, 0.05) is 42.2 Å². The SMILES string of the molecule is CC1(C)CC(c2ccc(CF)cc2C2CCN(Cl)CC2)c2ccc(S(=O)(=O)Nc3ncns3)cc2O1. The Kier molecular flexibility index (Phi) is 6.97. The van der Waals surface area contributed by atoms with Crippen LogP contribution in [-0.2, 0) is 16.7 Å². The summed E-state index contributed by atoms with van der Waals surface area (Å²) in [4.78, 5) is 4.00. The summed E-state index contributed by atoms with van der Waals surface area (Å²) in [6.45, 7) is 5.06. The number of hydrogen-bond acceptors (Lipinski definition) is 7. The Morgan fingerprint density at radius 2 is 1.92 bits per heavy atom. The van der Waals surface area contributed by atoms with Crippen LogP contribution in [0.5, 0.6) is 5.75 Å². The molecule has 1 atom stereocenters. The number of fused-ring (bicyclic) bond motifs is 1. The van der Waals surface area contributed by atoms with Crippen LogP contribution in [0.15, 0.2) is 47.6 Å². The number of rotatable bonds is 6. The summed E-state index contributed by atoms with van der Waals surface area (Å²) in [5.74, 6) is 0.800. The van der Waals surface area contributed by atoms with Crippen molar-refractivity contribution in [3.8, 4) is 5.75 Å². The molecule has 2 aliphatic rings. The van der Waals surface area contributed by atoms with Crippen LogP contribution >= 0.6 is 23.3 Å². The van der Waals surface area contributed by atoms with Gasteiger partial charge in [-0.25, -0.2) is 22.2 Å². The summed E-state index contributed by atoms with van der Waals surface area (Å²) < 4.78 is 54.0. The number of sulfonamides is 1. The standard InChI is InChI=1S/C25H28ClFN4O3S2/c1-25(2)13-22(19-5-3-16(14-27)11-21(19)17-7-9-31(26)10-8-17)20-6-4-18(12-23(20)34-25)36(32,33)30-24-28-15-29-35-24/h3-6,11-12,15,17,22H,7-10,13-14H2,1-2H3,(H,28,29,30). The van der Waals surface area contributed by atoms with Gasteiger partial charge in [0.05, 0.1) is 4.90 Å². The zero-order chi connectivity index (χ0) is 25.5. The number of hydrogen-bond donors (Lipinski definition) is 1. The van der Waals surface area contributed by atoms with Crippen LogP contribution in [0.2, 0.25) is 0 Å². The zero-order valence-corrected chi connectivity index (χ0v) is 22.5. The van der Waals surface area contributed by atoms with E-state index >= 15 is 0 Å². The van der Waals surface area contributed by atoms with Crippen LogP contribution in [0.1, 0.15) is 67.2 Å². The second kappa shape index (κ2) is 9.89. The number of aromatic nitrogens is 2. The summed E-state index contributed by atoms with van der Waals surface area (Å²) >= 11 is 7.18. The maximum absolute atomic E-state index is 13.6. The van der Waals surface area contributed by atoms with Gasteiger partial charge in [-0.1, -0.05) is 24.3 Å². The van der Waals surface area contributed by atoms with Crippen molar-refractivity contribution in [1.82, 2.24) is 13.8 Å². The van der Waals surface area contributed by atoms with E-state index in [1.165, 1.54) is 6.33 Å². The number of halogens is 2. The molecule has 11 heteroatoms. The van der Waals surface area contributed by atoms with E-state index in [4.69, 9.17) is 16.5 Å². The predicted molar refractivity (Wildman–Crippen MR) is 139 cm³/mol. The average Bonchev–Trinajstić information content (AvgIpc) is 3.35. The quantitative estimate of drug-likeness (QED) is 0.388. The lowest BCUT2D eigenvalue weighted by atomic mass is 9.75. The summed E-state index contributed by atoms with van der Waals surface area (Å²) in [6.07, 6.45) is 3.82. The zero-order valence-electron chi connectivity index (χ0n) is 20.1. The van der Waals surface area contributed by atoms with Crippen LogP contribution in [0, 0.1) is 0 Å². The van der Waals surface area contributed by atoms with Crippen molar-refractivity contribution in [3.63, 3.8) is 0 Å². The summed E-state index contributed by atoms with van der Waals surface area (Å²) in [5.41, 5.74) is 3.35. The Balaban J connectivity index is 1.55. The molecule has 3 heterocycles. The third kappa shape index (κ3) is 5.22. The van der Waals surface area contributed by atoms with Crippen LogP contribution in [0.3, 0.4) is 0 Å². The van der Waals surface area contributed by atoms with Gasteiger partial charge >= 0.3 is 0 Å². The number of nitrogens with one attached hydrogen (secondary N) is 1. The Morgan fingerprint density at radius 3 is 2.61 bits per heavy atom. The predicted octanol–water partition coefficient (Wildman–Crippen LogP) is 5.83. The number of nitrogens with zero attached hydrogens (tertiary/aromatic N) is 3. The molecule has 36 heavy (non-hydrogen) atoms. The largest absolute Gasteiger partial charge is 0.487 e. The second-order valence-corrected chi connectivity index (χ2v) is 12.9. The minimum absolute atomic E-state index is 0.0191. The fraction of sp³-hybridized carbons (Fsp3) is 0.440. The van der Waals surface area contributed by atoms with Gasteiger partial charge in [-0.05, 0) is 73.6 Å². The van der Waals surface area contributed by atoms with Gasteiger partial charge < -0.3 is 4.74 Å². The van der Waals surface area contributed by atoms with Crippen molar-refractivity contribution >= 4 is 38.5 Å². The first-order chi connectivity index (χ1) is 17.1. The molecule has 7 nitrogen and oxygen atoms in total. The Labute approximate surface area is 220 Å². The summed E-state index contributed by atoms with van der Waals surface area (Å²) in [7, 11) is -3.86. The van der Waals surface area contributed by atoms with Crippen LogP contribution < -0.4 is 9.46 Å². The van der Waals surface area contributed by atoms with E-state index < -0.39 is 22.3 Å². The normalized spacial score (nSPS) is 20.5. The highest BCUT2D eigenvalue weighted by Gasteiger charge is 2.37. The van der Waals surface area contributed by atoms with Crippen LogP contribution in [-0.4, -0.2) is 40.9 Å². The summed E-state index contributed by atoms with van der Waals surface area (Å²) in [5, 5.41) is 0.201. The maximum atomic E-state index is 13.6. The number of ether oxygens (including phenoxy) is 1. The molecular formula is C25H28ClFN4O3S2. The molecule has 5 rings (SSSR count). The highest BCUT2D eigenvalue weighted by atomic mass is 35.5. The molecule has 1 N–H and O–H groups in total. The number of piperidine rings is 1. The molecule has 2 aliphatic heterocycles. The smallest absolute Gasteiger partial charge is 0.263 e. The van der Waals surface area contributed by atoms with Crippen molar-refractivity contribution in [3.05, 3.63) is 65.0 Å². The minimum Gasteiger partial charge on any atom is -0.487 e. The third-order valence-electron chi connectivity index (χ3n) is 6.90. The van der Waals surface area contributed by atoms with Crippen LogP contribution in [0.4, 0.5) is 9.52 Å². The van der Waals surface area contributed by atoms with E-state index in [0.717, 1.165) is 54.2 Å². The van der Waals surface area contributed by atoms with Gasteiger partial charge in [0.25, 0.3) is 10.0 Å². The van der Waals surface area contributed by atoms with Crippen molar-refractivity contribution in [2.24, 2.45) is 0 Å². The number of anilines is 1. The summed E-state index contributed by atoms with van der Waals surface area (Å²) in [6, 6.07) is 10.9. The number of alkyl halides is 1. The molecule has 0 radical (unpaired) electrons.